The molecule has 0 aliphatic rings. The third-order valence-corrected chi connectivity index (χ3v) is 3.99. The van der Waals surface area contributed by atoms with Gasteiger partial charge < -0.3 is 10.1 Å². The molecule has 0 saturated heterocycles. The number of nitrogens with zero attached hydrogens (tertiary/aromatic N) is 2. The average Bonchev–Trinajstić information content (AvgIpc) is 2.99. The van der Waals surface area contributed by atoms with Crippen LogP contribution in [0, 0.1) is 11.3 Å². The lowest BCUT2D eigenvalue weighted by Crippen LogP contribution is -2.09. The zero-order valence-corrected chi connectivity index (χ0v) is 13.2. The van der Waals surface area contributed by atoms with Crippen LogP contribution in [0.4, 0.5) is 5.00 Å². The number of hydrogen-bond donors (Lipinski definition) is 1. The summed E-state index contributed by atoms with van der Waals surface area (Å²) < 4.78 is 5.32. The summed E-state index contributed by atoms with van der Waals surface area (Å²) in [5, 5.41) is 12.8. The fraction of sp³-hybridized carbons (Fsp3) is 0.312. The Balaban J connectivity index is 1.97. The molecule has 22 heavy (non-hydrogen) atoms. The number of carbonyl (C=O) groups excluding carboxylic acids is 1. The summed E-state index contributed by atoms with van der Waals surface area (Å²) in [6, 6.07) is 9.71. The zero-order chi connectivity index (χ0) is 15.8. The molecular formula is C16H17N3O2S. The van der Waals surface area contributed by atoms with Crippen molar-refractivity contribution in [2.75, 3.05) is 12.4 Å². The van der Waals surface area contributed by atoms with Crippen LogP contribution in [0.25, 0.3) is 10.6 Å². The van der Waals surface area contributed by atoms with Gasteiger partial charge in [-0.3, -0.25) is 4.79 Å². The van der Waals surface area contributed by atoms with Crippen molar-refractivity contribution >= 4 is 22.2 Å². The fourth-order valence-electron chi connectivity index (χ4n) is 1.97. The number of ether oxygens (including phenoxy) is 1. The van der Waals surface area contributed by atoms with Gasteiger partial charge >= 0.3 is 0 Å². The summed E-state index contributed by atoms with van der Waals surface area (Å²) >= 11 is 1.41. The van der Waals surface area contributed by atoms with Crippen molar-refractivity contribution in [3.8, 4) is 22.4 Å². The number of nitrogens with one attached hydrogen (secondary N) is 1. The molecule has 5 nitrogen and oxygen atoms in total. The monoisotopic (exact) mass is 315 g/mol. The normalized spacial score (nSPS) is 10.0. The summed E-state index contributed by atoms with van der Waals surface area (Å²) in [4.78, 5) is 16.1. The number of benzene rings is 1. The summed E-state index contributed by atoms with van der Waals surface area (Å²) in [5.74, 6) is 0.708. The first kappa shape index (κ1) is 16.0. The SMILES string of the molecule is COc1ccccc1-c1ncc(NC(=O)CCCCC#N)s1. The molecule has 0 radical (unpaired) electrons. The molecule has 0 fully saturated rings. The lowest BCUT2D eigenvalue weighted by molar-refractivity contribution is -0.116. The van der Waals surface area contributed by atoms with Crippen molar-refractivity contribution in [3.63, 3.8) is 0 Å². The van der Waals surface area contributed by atoms with Crippen LogP contribution < -0.4 is 10.1 Å². The summed E-state index contributed by atoms with van der Waals surface area (Å²) in [5.41, 5.74) is 0.907. The minimum atomic E-state index is -0.0480. The number of amides is 1. The Kier molecular flexibility index (Phi) is 5.92. The third-order valence-electron chi connectivity index (χ3n) is 3.05. The third kappa shape index (κ3) is 4.30. The first-order chi connectivity index (χ1) is 10.7. The molecule has 0 saturated carbocycles. The van der Waals surface area contributed by atoms with Crippen LogP contribution in [-0.2, 0) is 4.79 Å². The number of thiazole rings is 1. The van der Waals surface area contributed by atoms with Crippen molar-refractivity contribution in [2.24, 2.45) is 0 Å². The molecule has 6 heteroatoms. The van der Waals surface area contributed by atoms with E-state index in [0.717, 1.165) is 29.2 Å². The molecule has 0 unspecified atom stereocenters. The summed E-state index contributed by atoms with van der Waals surface area (Å²) in [7, 11) is 1.62. The number of unbranched alkanes of at least 4 members (excludes halogenated alkanes) is 2. The molecule has 1 N–H and O–H groups in total. The molecule has 0 atom stereocenters. The number of methoxy groups -OCH3 is 1. The van der Waals surface area contributed by atoms with Gasteiger partial charge in [-0.15, -0.1) is 0 Å². The highest BCUT2D eigenvalue weighted by Crippen LogP contribution is 2.34. The molecular weight excluding hydrogens is 298 g/mol. The van der Waals surface area contributed by atoms with Gasteiger partial charge in [-0.25, -0.2) is 4.98 Å². The summed E-state index contributed by atoms with van der Waals surface area (Å²) in [6.45, 7) is 0. The van der Waals surface area contributed by atoms with Gasteiger partial charge in [0.15, 0.2) is 0 Å². The largest absolute Gasteiger partial charge is 0.496 e. The molecule has 0 aliphatic heterocycles. The lowest BCUT2D eigenvalue weighted by Gasteiger charge is -2.04. The molecule has 2 aromatic rings. The van der Waals surface area contributed by atoms with E-state index < -0.39 is 0 Å². The highest BCUT2D eigenvalue weighted by molar-refractivity contribution is 7.19. The van der Waals surface area contributed by atoms with E-state index in [4.69, 9.17) is 10.00 Å². The van der Waals surface area contributed by atoms with Gasteiger partial charge in [-0.1, -0.05) is 23.5 Å². The Labute approximate surface area is 133 Å². The van der Waals surface area contributed by atoms with Crippen LogP contribution in [0.3, 0.4) is 0 Å². The second-order valence-electron chi connectivity index (χ2n) is 4.64. The van der Waals surface area contributed by atoms with Gasteiger partial charge in [0.05, 0.1) is 24.9 Å². The maximum absolute atomic E-state index is 11.8. The number of carbonyl (C=O) groups is 1. The first-order valence-corrected chi connectivity index (χ1v) is 7.82. The van der Waals surface area contributed by atoms with Crippen molar-refractivity contribution in [2.45, 2.75) is 25.7 Å². The molecule has 1 amide bonds. The van der Waals surface area contributed by atoms with Crippen LogP contribution in [0.5, 0.6) is 5.75 Å². The average molecular weight is 315 g/mol. The number of para-hydroxylation sites is 1. The van der Waals surface area contributed by atoms with Gasteiger partial charge in [-0.2, -0.15) is 5.26 Å². The molecule has 1 aromatic carbocycles. The van der Waals surface area contributed by atoms with Gasteiger partial charge in [0.25, 0.3) is 0 Å². The van der Waals surface area contributed by atoms with E-state index in [9.17, 15) is 4.79 Å². The van der Waals surface area contributed by atoms with Crippen LogP contribution in [-0.4, -0.2) is 18.0 Å². The van der Waals surface area contributed by atoms with Crippen molar-refractivity contribution in [3.05, 3.63) is 30.5 Å². The van der Waals surface area contributed by atoms with Crippen LogP contribution >= 0.6 is 11.3 Å². The van der Waals surface area contributed by atoms with Gasteiger partial charge in [-0.05, 0) is 25.0 Å². The quantitative estimate of drug-likeness (QED) is 0.788. The van der Waals surface area contributed by atoms with E-state index in [1.165, 1.54) is 11.3 Å². The van der Waals surface area contributed by atoms with E-state index >= 15 is 0 Å². The van der Waals surface area contributed by atoms with Gasteiger partial charge in [0.1, 0.15) is 15.8 Å². The van der Waals surface area contributed by atoms with Crippen molar-refractivity contribution in [1.82, 2.24) is 4.98 Å². The smallest absolute Gasteiger partial charge is 0.225 e. The highest BCUT2D eigenvalue weighted by Gasteiger charge is 2.11. The molecule has 0 aliphatic carbocycles. The Morgan fingerprint density at radius 1 is 1.41 bits per heavy atom. The second-order valence-corrected chi connectivity index (χ2v) is 5.67. The standard InChI is InChI=1S/C16H17N3O2S/c1-21-13-8-5-4-7-12(13)16-18-11-15(22-16)19-14(20)9-3-2-6-10-17/h4-5,7-8,11H,2-3,6,9H2,1H3,(H,19,20). The maximum Gasteiger partial charge on any atom is 0.225 e. The van der Waals surface area contributed by atoms with E-state index in [1.807, 2.05) is 24.3 Å². The summed E-state index contributed by atoms with van der Waals surface area (Å²) in [6.07, 6.45) is 4.03. The molecule has 0 spiro atoms. The molecule has 0 bridgehead atoms. The zero-order valence-electron chi connectivity index (χ0n) is 12.3. The number of hydrogen-bond acceptors (Lipinski definition) is 5. The lowest BCUT2D eigenvalue weighted by atomic mass is 10.2. The highest BCUT2D eigenvalue weighted by atomic mass is 32.1. The Hall–Kier alpha value is -2.39. The van der Waals surface area contributed by atoms with E-state index in [-0.39, 0.29) is 5.91 Å². The van der Waals surface area contributed by atoms with E-state index in [2.05, 4.69) is 16.4 Å². The fourth-order valence-corrected chi connectivity index (χ4v) is 2.83. The Bertz CT molecular complexity index is 676. The molecule has 1 aromatic heterocycles. The number of nitriles is 1. The number of rotatable bonds is 7. The van der Waals surface area contributed by atoms with Crippen LogP contribution in [0.15, 0.2) is 30.5 Å². The van der Waals surface area contributed by atoms with E-state index in [1.54, 1.807) is 13.3 Å². The van der Waals surface area contributed by atoms with Gasteiger partial charge in [0, 0.05) is 12.8 Å². The van der Waals surface area contributed by atoms with Crippen molar-refractivity contribution in [1.29, 1.82) is 5.26 Å². The number of anilines is 1. The second kappa shape index (κ2) is 8.15. The minimum Gasteiger partial charge on any atom is -0.496 e. The topological polar surface area (TPSA) is 75.0 Å². The van der Waals surface area contributed by atoms with Crippen LogP contribution in [0.1, 0.15) is 25.7 Å². The molecule has 2 rings (SSSR count). The van der Waals surface area contributed by atoms with Crippen molar-refractivity contribution < 1.29 is 9.53 Å². The molecule has 114 valence electrons. The number of aromatic nitrogens is 1. The minimum absolute atomic E-state index is 0.0480. The predicted octanol–water partition coefficient (Wildman–Crippen LogP) is 3.84. The maximum atomic E-state index is 11.8. The Morgan fingerprint density at radius 2 is 2.23 bits per heavy atom. The molecule has 1 heterocycles. The van der Waals surface area contributed by atoms with Gasteiger partial charge in [0.2, 0.25) is 5.91 Å². The van der Waals surface area contributed by atoms with E-state index in [0.29, 0.717) is 17.8 Å². The predicted molar refractivity (Wildman–Crippen MR) is 86.8 cm³/mol. The van der Waals surface area contributed by atoms with Crippen LogP contribution in [0.2, 0.25) is 0 Å². The first-order valence-electron chi connectivity index (χ1n) is 7.00. The Morgan fingerprint density at radius 3 is 3.00 bits per heavy atom.